The number of hydrogen-bond donors (Lipinski definition) is 2. The van der Waals surface area contributed by atoms with Gasteiger partial charge in [0.15, 0.2) is 0 Å². The summed E-state index contributed by atoms with van der Waals surface area (Å²) in [7, 11) is 0. The minimum absolute atomic E-state index is 0.197. The van der Waals surface area contributed by atoms with Gasteiger partial charge in [-0.2, -0.15) is 0 Å². The van der Waals surface area contributed by atoms with Gasteiger partial charge in [0.1, 0.15) is 0 Å². The van der Waals surface area contributed by atoms with Gasteiger partial charge in [-0.25, -0.2) is 0 Å². The van der Waals surface area contributed by atoms with Gasteiger partial charge in [0.25, 0.3) is 0 Å². The summed E-state index contributed by atoms with van der Waals surface area (Å²) in [4.78, 5) is 0. The largest absolute Gasteiger partial charge is 0.387 e. The van der Waals surface area contributed by atoms with Crippen LogP contribution in [0.5, 0.6) is 0 Å². The van der Waals surface area contributed by atoms with Crippen LogP contribution in [0.2, 0.25) is 0 Å². The predicted molar refractivity (Wildman–Crippen MR) is 84.2 cm³/mol. The number of hydrogen-bond acceptors (Lipinski definition) is 3. The molecule has 1 aromatic carbocycles. The molecular weight excluding hydrogens is 262 g/mol. The van der Waals surface area contributed by atoms with E-state index >= 15 is 0 Å². The van der Waals surface area contributed by atoms with E-state index in [0.717, 1.165) is 18.5 Å². The molecule has 1 aliphatic carbocycles. The highest BCUT2D eigenvalue weighted by atomic mass is 16.5. The Kier molecular flexibility index (Phi) is 4.94. The SMILES string of the molecule is OC(CNCC1CCC2(CCCCC2)O1)c1ccccc1. The zero-order chi connectivity index (χ0) is 14.5. The van der Waals surface area contributed by atoms with Crippen molar-refractivity contribution in [3.05, 3.63) is 35.9 Å². The van der Waals surface area contributed by atoms with Crippen LogP contribution in [-0.2, 0) is 4.74 Å². The Morgan fingerprint density at radius 1 is 1.14 bits per heavy atom. The first-order valence-corrected chi connectivity index (χ1v) is 8.39. The molecule has 1 heterocycles. The van der Waals surface area contributed by atoms with E-state index in [-0.39, 0.29) is 5.60 Å². The minimum atomic E-state index is -0.434. The Morgan fingerprint density at radius 2 is 1.90 bits per heavy atom. The van der Waals surface area contributed by atoms with Crippen molar-refractivity contribution in [2.45, 2.75) is 62.8 Å². The van der Waals surface area contributed by atoms with Crippen molar-refractivity contribution < 1.29 is 9.84 Å². The summed E-state index contributed by atoms with van der Waals surface area (Å²) in [5, 5.41) is 13.5. The summed E-state index contributed by atoms with van der Waals surface area (Å²) in [5.41, 5.74) is 1.17. The van der Waals surface area contributed by atoms with Gasteiger partial charge in [-0.1, -0.05) is 49.6 Å². The van der Waals surface area contributed by atoms with Crippen LogP contribution in [0.1, 0.15) is 56.6 Å². The molecule has 0 bridgehead atoms. The van der Waals surface area contributed by atoms with Gasteiger partial charge in [0.05, 0.1) is 17.8 Å². The first-order chi connectivity index (χ1) is 10.3. The fourth-order valence-corrected chi connectivity index (χ4v) is 3.78. The molecule has 2 aliphatic rings. The molecule has 3 nitrogen and oxygen atoms in total. The minimum Gasteiger partial charge on any atom is -0.387 e. The van der Waals surface area contributed by atoms with E-state index in [1.54, 1.807) is 0 Å². The molecule has 3 heteroatoms. The van der Waals surface area contributed by atoms with Crippen molar-refractivity contribution in [1.29, 1.82) is 0 Å². The molecule has 0 amide bonds. The highest BCUT2D eigenvalue weighted by Gasteiger charge is 2.40. The Morgan fingerprint density at radius 3 is 2.67 bits per heavy atom. The van der Waals surface area contributed by atoms with E-state index in [2.05, 4.69) is 5.32 Å². The molecule has 2 atom stereocenters. The first kappa shape index (κ1) is 15.0. The van der Waals surface area contributed by atoms with E-state index in [4.69, 9.17) is 4.74 Å². The van der Waals surface area contributed by atoms with Gasteiger partial charge >= 0.3 is 0 Å². The quantitative estimate of drug-likeness (QED) is 0.874. The molecule has 2 unspecified atom stereocenters. The van der Waals surface area contributed by atoms with Crippen molar-refractivity contribution in [2.24, 2.45) is 0 Å². The molecule has 2 fully saturated rings. The molecule has 2 N–H and O–H groups in total. The lowest BCUT2D eigenvalue weighted by molar-refractivity contribution is -0.0627. The third-order valence-electron chi connectivity index (χ3n) is 5.00. The normalized spacial score (nSPS) is 26.0. The summed E-state index contributed by atoms with van der Waals surface area (Å²) in [6.45, 7) is 1.45. The molecule has 1 saturated heterocycles. The van der Waals surface area contributed by atoms with Crippen LogP contribution in [0.25, 0.3) is 0 Å². The lowest BCUT2D eigenvalue weighted by atomic mass is 9.83. The van der Waals surface area contributed by atoms with Crippen molar-refractivity contribution in [2.75, 3.05) is 13.1 Å². The van der Waals surface area contributed by atoms with Crippen LogP contribution in [0.4, 0.5) is 0 Å². The van der Waals surface area contributed by atoms with Crippen LogP contribution in [-0.4, -0.2) is 29.9 Å². The number of ether oxygens (including phenoxy) is 1. The average molecular weight is 289 g/mol. The van der Waals surface area contributed by atoms with Crippen molar-refractivity contribution in [3.63, 3.8) is 0 Å². The lowest BCUT2D eigenvalue weighted by Gasteiger charge is -2.33. The smallest absolute Gasteiger partial charge is 0.0914 e. The lowest BCUT2D eigenvalue weighted by Crippen LogP contribution is -2.35. The molecule has 1 spiro atoms. The predicted octanol–water partition coefficient (Wildman–Crippen LogP) is 3.19. The van der Waals surface area contributed by atoms with Crippen molar-refractivity contribution in [1.82, 2.24) is 5.32 Å². The molecule has 0 aromatic heterocycles. The number of benzene rings is 1. The van der Waals surface area contributed by atoms with Gasteiger partial charge in [-0.3, -0.25) is 0 Å². The molecule has 116 valence electrons. The van der Waals surface area contributed by atoms with Crippen LogP contribution >= 0.6 is 0 Å². The number of nitrogens with one attached hydrogen (secondary N) is 1. The summed E-state index contributed by atoms with van der Waals surface area (Å²) in [6.07, 6.45) is 8.79. The van der Waals surface area contributed by atoms with Crippen molar-refractivity contribution >= 4 is 0 Å². The molecule has 1 saturated carbocycles. The average Bonchev–Trinajstić information content (AvgIpc) is 2.91. The maximum absolute atomic E-state index is 10.1. The van der Waals surface area contributed by atoms with Gasteiger partial charge in [0, 0.05) is 13.1 Å². The molecule has 3 rings (SSSR count). The maximum Gasteiger partial charge on any atom is 0.0914 e. The summed E-state index contributed by atoms with van der Waals surface area (Å²) >= 11 is 0. The second kappa shape index (κ2) is 6.91. The number of aliphatic hydroxyl groups excluding tert-OH is 1. The topological polar surface area (TPSA) is 41.5 Å². The molecule has 1 aromatic rings. The fraction of sp³-hybridized carbons (Fsp3) is 0.667. The maximum atomic E-state index is 10.1. The Hall–Kier alpha value is -0.900. The van der Waals surface area contributed by atoms with E-state index in [1.807, 2.05) is 30.3 Å². The standard InChI is InChI=1S/C18H27NO2/c20-17(15-7-3-1-4-8-15)14-19-13-16-9-12-18(21-16)10-5-2-6-11-18/h1,3-4,7-8,16-17,19-20H,2,5-6,9-14H2. The van der Waals surface area contributed by atoms with Crippen LogP contribution in [0.3, 0.4) is 0 Å². The van der Waals surface area contributed by atoms with E-state index in [0.29, 0.717) is 12.6 Å². The van der Waals surface area contributed by atoms with Crippen LogP contribution in [0.15, 0.2) is 30.3 Å². The summed E-state index contributed by atoms with van der Waals surface area (Å²) < 4.78 is 6.33. The molecular formula is C18H27NO2. The Labute approximate surface area is 127 Å². The molecule has 21 heavy (non-hydrogen) atoms. The summed E-state index contributed by atoms with van der Waals surface area (Å²) in [5.74, 6) is 0. The number of aliphatic hydroxyl groups is 1. The molecule has 1 aliphatic heterocycles. The summed E-state index contributed by atoms with van der Waals surface area (Å²) in [6, 6.07) is 9.83. The van der Waals surface area contributed by atoms with Gasteiger partial charge in [-0.05, 0) is 31.2 Å². The molecule has 0 radical (unpaired) electrons. The van der Waals surface area contributed by atoms with E-state index in [1.165, 1.54) is 38.5 Å². The monoisotopic (exact) mass is 289 g/mol. The van der Waals surface area contributed by atoms with Gasteiger partial charge in [0.2, 0.25) is 0 Å². The van der Waals surface area contributed by atoms with Crippen LogP contribution in [0, 0.1) is 0 Å². The van der Waals surface area contributed by atoms with E-state index in [9.17, 15) is 5.11 Å². The van der Waals surface area contributed by atoms with Gasteiger partial charge < -0.3 is 15.2 Å². The van der Waals surface area contributed by atoms with Crippen molar-refractivity contribution in [3.8, 4) is 0 Å². The Balaban J connectivity index is 1.40. The van der Waals surface area contributed by atoms with E-state index < -0.39 is 6.10 Å². The second-order valence-electron chi connectivity index (χ2n) is 6.61. The zero-order valence-corrected chi connectivity index (χ0v) is 12.8. The highest BCUT2D eigenvalue weighted by Crippen LogP contribution is 2.41. The zero-order valence-electron chi connectivity index (χ0n) is 12.8. The van der Waals surface area contributed by atoms with Gasteiger partial charge in [-0.15, -0.1) is 0 Å². The third kappa shape index (κ3) is 3.85. The highest BCUT2D eigenvalue weighted by molar-refractivity contribution is 5.17. The first-order valence-electron chi connectivity index (χ1n) is 8.39. The Bertz CT molecular complexity index is 428. The number of rotatable bonds is 5. The fourth-order valence-electron chi connectivity index (χ4n) is 3.78. The third-order valence-corrected chi connectivity index (χ3v) is 5.00. The second-order valence-corrected chi connectivity index (χ2v) is 6.61. The van der Waals surface area contributed by atoms with Crippen LogP contribution < -0.4 is 5.32 Å².